The van der Waals surface area contributed by atoms with Crippen LogP contribution in [0.4, 0.5) is 8.78 Å². The highest BCUT2D eigenvalue weighted by Gasteiger charge is 2.15. The van der Waals surface area contributed by atoms with Crippen LogP contribution < -0.4 is 5.32 Å². The maximum absolute atomic E-state index is 13.8. The zero-order valence-electron chi connectivity index (χ0n) is 11.7. The van der Waals surface area contributed by atoms with Crippen molar-refractivity contribution in [1.29, 1.82) is 0 Å². The third-order valence-electron chi connectivity index (χ3n) is 3.39. The van der Waals surface area contributed by atoms with E-state index >= 15 is 0 Å². The SMILES string of the molecule is CCc1ccc(CC(NC)c2ccc(F)cc2F)nc1. The summed E-state index contributed by atoms with van der Waals surface area (Å²) in [6.07, 6.45) is 3.33. The van der Waals surface area contributed by atoms with Crippen LogP contribution in [0.15, 0.2) is 36.5 Å². The van der Waals surface area contributed by atoms with Crippen LogP contribution >= 0.6 is 0 Å². The lowest BCUT2D eigenvalue weighted by Gasteiger charge is -2.17. The lowest BCUT2D eigenvalue weighted by molar-refractivity contribution is 0.518. The van der Waals surface area contributed by atoms with Gasteiger partial charge in [-0.1, -0.05) is 19.1 Å². The average Bonchev–Trinajstić information content (AvgIpc) is 2.46. The van der Waals surface area contributed by atoms with Crippen molar-refractivity contribution in [2.24, 2.45) is 0 Å². The molecular formula is C16H18F2N2. The molecule has 1 N–H and O–H groups in total. The highest BCUT2D eigenvalue weighted by Crippen LogP contribution is 2.21. The maximum atomic E-state index is 13.8. The molecule has 0 saturated carbocycles. The summed E-state index contributed by atoms with van der Waals surface area (Å²) in [5, 5.41) is 3.05. The molecule has 1 unspecified atom stereocenters. The van der Waals surface area contributed by atoms with Gasteiger partial charge >= 0.3 is 0 Å². The number of hydrogen-bond donors (Lipinski definition) is 1. The quantitative estimate of drug-likeness (QED) is 0.905. The first-order chi connectivity index (χ1) is 9.63. The molecular weight excluding hydrogens is 258 g/mol. The monoisotopic (exact) mass is 276 g/mol. The van der Waals surface area contributed by atoms with Crippen molar-refractivity contribution in [3.63, 3.8) is 0 Å². The fraction of sp³-hybridized carbons (Fsp3) is 0.312. The van der Waals surface area contributed by atoms with Crippen molar-refractivity contribution >= 4 is 0 Å². The van der Waals surface area contributed by atoms with Gasteiger partial charge in [-0.25, -0.2) is 8.78 Å². The Hall–Kier alpha value is -1.81. The molecule has 0 amide bonds. The van der Waals surface area contributed by atoms with Crippen molar-refractivity contribution in [2.45, 2.75) is 25.8 Å². The van der Waals surface area contributed by atoms with E-state index in [1.807, 2.05) is 18.3 Å². The van der Waals surface area contributed by atoms with Crippen LogP contribution in [0.1, 0.15) is 29.8 Å². The Morgan fingerprint density at radius 3 is 2.55 bits per heavy atom. The Labute approximate surface area is 117 Å². The van der Waals surface area contributed by atoms with Crippen molar-refractivity contribution in [2.75, 3.05) is 7.05 Å². The molecule has 0 aliphatic heterocycles. The summed E-state index contributed by atoms with van der Waals surface area (Å²) >= 11 is 0. The van der Waals surface area contributed by atoms with Gasteiger partial charge in [0.1, 0.15) is 11.6 Å². The van der Waals surface area contributed by atoms with Gasteiger partial charge in [0.15, 0.2) is 0 Å². The van der Waals surface area contributed by atoms with E-state index in [4.69, 9.17) is 0 Å². The van der Waals surface area contributed by atoms with E-state index in [0.29, 0.717) is 12.0 Å². The molecule has 0 aliphatic carbocycles. The van der Waals surface area contributed by atoms with Gasteiger partial charge in [-0.15, -0.1) is 0 Å². The van der Waals surface area contributed by atoms with Gasteiger partial charge in [0.2, 0.25) is 0 Å². The summed E-state index contributed by atoms with van der Waals surface area (Å²) in [4.78, 5) is 4.37. The van der Waals surface area contributed by atoms with E-state index in [1.54, 1.807) is 7.05 Å². The van der Waals surface area contributed by atoms with Crippen LogP contribution in [0.2, 0.25) is 0 Å². The fourth-order valence-electron chi connectivity index (χ4n) is 2.15. The smallest absolute Gasteiger partial charge is 0.130 e. The molecule has 0 radical (unpaired) electrons. The van der Waals surface area contributed by atoms with E-state index in [9.17, 15) is 8.78 Å². The molecule has 4 heteroatoms. The normalized spacial score (nSPS) is 12.4. The van der Waals surface area contributed by atoms with E-state index in [0.717, 1.165) is 18.2 Å². The topological polar surface area (TPSA) is 24.9 Å². The van der Waals surface area contributed by atoms with Gasteiger partial charge in [0.05, 0.1) is 0 Å². The number of halogens is 2. The first-order valence-corrected chi connectivity index (χ1v) is 6.70. The van der Waals surface area contributed by atoms with Gasteiger partial charge < -0.3 is 5.32 Å². The number of likely N-dealkylation sites (N-methyl/N-ethyl adjacent to an activating group) is 1. The van der Waals surface area contributed by atoms with Crippen LogP contribution in [-0.2, 0) is 12.8 Å². The number of pyridine rings is 1. The van der Waals surface area contributed by atoms with Gasteiger partial charge in [0.25, 0.3) is 0 Å². The Bertz CT molecular complexity index is 567. The Morgan fingerprint density at radius 1 is 1.20 bits per heavy atom. The molecule has 0 bridgehead atoms. The summed E-state index contributed by atoms with van der Waals surface area (Å²) in [6.45, 7) is 2.07. The predicted molar refractivity (Wildman–Crippen MR) is 75.5 cm³/mol. The van der Waals surface area contributed by atoms with Crippen LogP contribution in [0.3, 0.4) is 0 Å². The lowest BCUT2D eigenvalue weighted by atomic mass is 10.0. The summed E-state index contributed by atoms with van der Waals surface area (Å²) in [5.41, 5.74) is 2.50. The second-order valence-corrected chi connectivity index (χ2v) is 4.72. The molecule has 1 aromatic carbocycles. The lowest BCUT2D eigenvalue weighted by Crippen LogP contribution is -2.20. The first-order valence-electron chi connectivity index (χ1n) is 6.70. The third kappa shape index (κ3) is 3.39. The molecule has 0 aliphatic rings. The van der Waals surface area contributed by atoms with E-state index < -0.39 is 11.6 Å². The average molecular weight is 276 g/mol. The molecule has 0 spiro atoms. The molecule has 2 aromatic rings. The summed E-state index contributed by atoms with van der Waals surface area (Å²) < 4.78 is 26.8. The zero-order valence-corrected chi connectivity index (χ0v) is 11.7. The number of aromatic nitrogens is 1. The maximum Gasteiger partial charge on any atom is 0.130 e. The zero-order chi connectivity index (χ0) is 14.5. The number of benzene rings is 1. The van der Waals surface area contributed by atoms with Gasteiger partial charge in [-0.3, -0.25) is 4.98 Å². The van der Waals surface area contributed by atoms with Crippen LogP contribution in [0.25, 0.3) is 0 Å². The largest absolute Gasteiger partial charge is 0.313 e. The number of nitrogens with one attached hydrogen (secondary N) is 1. The van der Waals surface area contributed by atoms with E-state index in [-0.39, 0.29) is 6.04 Å². The number of hydrogen-bond acceptors (Lipinski definition) is 2. The molecule has 2 nitrogen and oxygen atoms in total. The standard InChI is InChI=1S/C16H18F2N2/c1-3-11-4-6-13(20-10-11)9-16(19-2)14-7-5-12(17)8-15(14)18/h4-8,10,16,19H,3,9H2,1-2H3. The van der Waals surface area contributed by atoms with Gasteiger partial charge in [0, 0.05) is 36.0 Å². The number of nitrogens with zero attached hydrogens (tertiary/aromatic N) is 1. The molecule has 0 saturated heterocycles. The molecule has 1 aromatic heterocycles. The van der Waals surface area contributed by atoms with Crippen molar-refractivity contribution in [1.82, 2.24) is 10.3 Å². The molecule has 1 heterocycles. The molecule has 0 fully saturated rings. The van der Waals surface area contributed by atoms with Crippen LogP contribution in [0.5, 0.6) is 0 Å². The Balaban J connectivity index is 2.19. The number of rotatable bonds is 5. The van der Waals surface area contributed by atoms with E-state index in [1.165, 1.54) is 17.7 Å². The van der Waals surface area contributed by atoms with Crippen molar-refractivity contribution in [3.8, 4) is 0 Å². The van der Waals surface area contributed by atoms with Gasteiger partial charge in [-0.05, 0) is 31.2 Å². The van der Waals surface area contributed by atoms with Crippen LogP contribution in [0, 0.1) is 11.6 Å². The molecule has 20 heavy (non-hydrogen) atoms. The Morgan fingerprint density at radius 2 is 2.00 bits per heavy atom. The summed E-state index contributed by atoms with van der Waals surface area (Å²) in [7, 11) is 1.76. The minimum absolute atomic E-state index is 0.226. The molecule has 2 rings (SSSR count). The van der Waals surface area contributed by atoms with Crippen molar-refractivity contribution in [3.05, 3.63) is 65.0 Å². The third-order valence-corrected chi connectivity index (χ3v) is 3.39. The minimum atomic E-state index is -0.563. The second kappa shape index (κ2) is 6.57. The van der Waals surface area contributed by atoms with E-state index in [2.05, 4.69) is 17.2 Å². The minimum Gasteiger partial charge on any atom is -0.313 e. The summed E-state index contributed by atoms with van der Waals surface area (Å²) in [6, 6.07) is 7.41. The van der Waals surface area contributed by atoms with Crippen LogP contribution in [-0.4, -0.2) is 12.0 Å². The molecule has 106 valence electrons. The second-order valence-electron chi connectivity index (χ2n) is 4.72. The first kappa shape index (κ1) is 14.6. The molecule has 1 atom stereocenters. The van der Waals surface area contributed by atoms with Crippen molar-refractivity contribution < 1.29 is 8.78 Å². The fourth-order valence-corrected chi connectivity index (χ4v) is 2.15. The van der Waals surface area contributed by atoms with Gasteiger partial charge in [-0.2, -0.15) is 0 Å². The number of aryl methyl sites for hydroxylation is 1. The predicted octanol–water partition coefficient (Wildman–Crippen LogP) is 3.43. The Kier molecular flexibility index (Phi) is 4.79. The highest BCUT2D eigenvalue weighted by atomic mass is 19.1. The summed E-state index contributed by atoms with van der Waals surface area (Å²) in [5.74, 6) is -1.10. The highest BCUT2D eigenvalue weighted by molar-refractivity contribution is 5.24.